The molecule has 0 spiro atoms. The van der Waals surface area contributed by atoms with Gasteiger partial charge in [-0.15, -0.1) is 0 Å². The molecule has 0 radical (unpaired) electrons. The fourth-order valence-corrected chi connectivity index (χ4v) is 4.96. The molecule has 1 N–H and O–H groups in total. The third kappa shape index (κ3) is 8.82. The van der Waals surface area contributed by atoms with Gasteiger partial charge in [0, 0.05) is 30.6 Å². The SMILES string of the molecule is CCc1ccc(N(CCCC(=O)N(Cc2cccc(Cl)c2)[C@H](C)C(=O)N[C@H](C)CC)S(C)(=O)=O)cc1. The van der Waals surface area contributed by atoms with E-state index in [-0.39, 0.29) is 37.4 Å². The fraction of sp³-hybridized carbons (Fsp3) is 0.481. The topological polar surface area (TPSA) is 86.8 Å². The van der Waals surface area contributed by atoms with Crippen molar-refractivity contribution >= 4 is 39.1 Å². The highest BCUT2D eigenvalue weighted by molar-refractivity contribution is 7.92. The molecule has 0 saturated carbocycles. The lowest BCUT2D eigenvalue weighted by atomic mass is 10.1. The van der Waals surface area contributed by atoms with Crippen molar-refractivity contribution in [3.8, 4) is 0 Å². The first-order valence-corrected chi connectivity index (χ1v) is 14.6. The van der Waals surface area contributed by atoms with Crippen molar-refractivity contribution in [1.82, 2.24) is 10.2 Å². The third-order valence-corrected chi connectivity index (χ3v) is 7.62. The Balaban J connectivity index is 2.17. The summed E-state index contributed by atoms with van der Waals surface area (Å²) in [5.41, 5.74) is 2.50. The van der Waals surface area contributed by atoms with Gasteiger partial charge in [-0.2, -0.15) is 0 Å². The van der Waals surface area contributed by atoms with E-state index in [9.17, 15) is 18.0 Å². The number of nitrogens with one attached hydrogen (secondary N) is 1. The second kappa shape index (κ2) is 13.7. The smallest absolute Gasteiger partial charge is 0.242 e. The summed E-state index contributed by atoms with van der Waals surface area (Å²) in [7, 11) is -3.53. The summed E-state index contributed by atoms with van der Waals surface area (Å²) in [5.74, 6) is -0.454. The van der Waals surface area contributed by atoms with Gasteiger partial charge in [0.05, 0.1) is 11.9 Å². The molecular weight excluding hydrogens is 498 g/mol. The molecule has 2 amide bonds. The average Bonchev–Trinajstić information content (AvgIpc) is 2.83. The largest absolute Gasteiger partial charge is 0.352 e. The van der Waals surface area contributed by atoms with E-state index in [1.807, 2.05) is 39.0 Å². The van der Waals surface area contributed by atoms with Gasteiger partial charge in [-0.1, -0.05) is 49.7 Å². The standard InChI is InChI=1S/C27H38ClN3O4S/c1-6-20(3)29-27(33)21(4)30(19-23-10-8-11-24(28)18-23)26(32)12-9-17-31(36(5,34)35)25-15-13-22(7-2)14-16-25/h8,10-11,13-16,18,20-21H,6-7,9,12,17,19H2,1-5H3,(H,29,33)/t20-,21-/m1/s1. The molecule has 36 heavy (non-hydrogen) atoms. The maximum absolute atomic E-state index is 13.3. The van der Waals surface area contributed by atoms with Gasteiger partial charge in [0.1, 0.15) is 6.04 Å². The molecule has 198 valence electrons. The zero-order valence-corrected chi connectivity index (χ0v) is 23.4. The maximum Gasteiger partial charge on any atom is 0.242 e. The van der Waals surface area contributed by atoms with Crippen LogP contribution in [0.15, 0.2) is 48.5 Å². The number of anilines is 1. The highest BCUT2D eigenvalue weighted by atomic mass is 35.5. The minimum Gasteiger partial charge on any atom is -0.352 e. The van der Waals surface area contributed by atoms with Crippen LogP contribution in [0.1, 0.15) is 58.1 Å². The molecule has 0 aliphatic heterocycles. The zero-order valence-electron chi connectivity index (χ0n) is 21.8. The number of carbonyl (C=O) groups excluding carboxylic acids is 2. The molecule has 0 aliphatic carbocycles. The number of carbonyl (C=O) groups is 2. The summed E-state index contributed by atoms with van der Waals surface area (Å²) in [6.45, 7) is 8.03. The van der Waals surface area contributed by atoms with E-state index in [1.54, 1.807) is 37.3 Å². The number of amides is 2. The molecule has 0 bridgehead atoms. The van der Waals surface area contributed by atoms with Gasteiger partial charge < -0.3 is 10.2 Å². The summed E-state index contributed by atoms with van der Waals surface area (Å²) >= 11 is 6.13. The number of sulfonamides is 1. The van der Waals surface area contributed by atoms with E-state index in [0.29, 0.717) is 17.1 Å². The summed E-state index contributed by atoms with van der Waals surface area (Å²) in [6, 6.07) is 13.9. The number of nitrogens with zero attached hydrogens (tertiary/aromatic N) is 2. The Morgan fingerprint density at radius 2 is 1.69 bits per heavy atom. The van der Waals surface area contributed by atoms with Crippen molar-refractivity contribution in [2.24, 2.45) is 0 Å². The molecule has 0 unspecified atom stereocenters. The van der Waals surface area contributed by atoms with Gasteiger partial charge in [0.25, 0.3) is 0 Å². The lowest BCUT2D eigenvalue weighted by Gasteiger charge is -2.30. The number of aryl methyl sites for hydroxylation is 1. The van der Waals surface area contributed by atoms with Gasteiger partial charge in [-0.05, 0) is 68.5 Å². The van der Waals surface area contributed by atoms with Crippen molar-refractivity contribution in [1.29, 1.82) is 0 Å². The minimum absolute atomic E-state index is 0.00881. The number of benzene rings is 2. The van der Waals surface area contributed by atoms with Crippen LogP contribution in [-0.4, -0.2) is 50.0 Å². The summed E-state index contributed by atoms with van der Waals surface area (Å²) in [5, 5.41) is 3.49. The Morgan fingerprint density at radius 3 is 2.25 bits per heavy atom. The number of hydrogen-bond acceptors (Lipinski definition) is 4. The molecule has 7 nitrogen and oxygen atoms in total. The highest BCUT2D eigenvalue weighted by Gasteiger charge is 2.27. The van der Waals surface area contributed by atoms with Gasteiger partial charge >= 0.3 is 0 Å². The molecule has 2 rings (SSSR count). The van der Waals surface area contributed by atoms with Crippen LogP contribution in [0.25, 0.3) is 0 Å². The van der Waals surface area contributed by atoms with E-state index in [1.165, 1.54) is 9.21 Å². The van der Waals surface area contributed by atoms with Gasteiger partial charge in [-0.25, -0.2) is 8.42 Å². The van der Waals surface area contributed by atoms with Crippen LogP contribution in [0.5, 0.6) is 0 Å². The Kier molecular flexibility index (Phi) is 11.2. The van der Waals surface area contributed by atoms with Crippen molar-refractivity contribution in [3.05, 3.63) is 64.7 Å². The maximum atomic E-state index is 13.3. The van der Waals surface area contributed by atoms with Crippen LogP contribution in [-0.2, 0) is 32.6 Å². The van der Waals surface area contributed by atoms with Crippen LogP contribution in [0, 0.1) is 0 Å². The van der Waals surface area contributed by atoms with E-state index in [2.05, 4.69) is 5.32 Å². The van der Waals surface area contributed by atoms with E-state index in [0.717, 1.165) is 30.2 Å². The van der Waals surface area contributed by atoms with Crippen LogP contribution in [0.2, 0.25) is 5.02 Å². The van der Waals surface area contributed by atoms with E-state index >= 15 is 0 Å². The van der Waals surface area contributed by atoms with Crippen LogP contribution < -0.4 is 9.62 Å². The Labute approximate surface area is 220 Å². The van der Waals surface area contributed by atoms with Crippen LogP contribution in [0.4, 0.5) is 5.69 Å². The monoisotopic (exact) mass is 535 g/mol. The molecule has 2 aromatic carbocycles. The molecule has 0 saturated heterocycles. The van der Waals surface area contributed by atoms with Crippen LogP contribution in [0.3, 0.4) is 0 Å². The van der Waals surface area contributed by atoms with Gasteiger partial charge in [-0.3, -0.25) is 13.9 Å². The van der Waals surface area contributed by atoms with Crippen molar-refractivity contribution in [2.75, 3.05) is 17.1 Å². The second-order valence-electron chi connectivity index (χ2n) is 9.10. The lowest BCUT2D eigenvalue weighted by Crippen LogP contribution is -2.49. The predicted molar refractivity (Wildman–Crippen MR) is 147 cm³/mol. The molecule has 0 aliphatic rings. The quantitative estimate of drug-likeness (QED) is 0.400. The van der Waals surface area contributed by atoms with E-state index < -0.39 is 16.1 Å². The number of rotatable bonds is 13. The minimum atomic E-state index is -3.53. The third-order valence-electron chi connectivity index (χ3n) is 6.20. The second-order valence-corrected chi connectivity index (χ2v) is 11.4. The molecular formula is C27H38ClN3O4S. The molecule has 9 heteroatoms. The molecule has 0 aromatic heterocycles. The van der Waals surface area contributed by atoms with Crippen molar-refractivity contribution in [2.45, 2.75) is 72.0 Å². The zero-order chi connectivity index (χ0) is 26.9. The Morgan fingerprint density at radius 1 is 1.03 bits per heavy atom. The number of halogens is 1. The first-order chi connectivity index (χ1) is 17.0. The summed E-state index contributed by atoms with van der Waals surface area (Å²) in [6.07, 6.45) is 3.21. The highest BCUT2D eigenvalue weighted by Crippen LogP contribution is 2.21. The van der Waals surface area contributed by atoms with Gasteiger partial charge in [0.15, 0.2) is 0 Å². The Hall–Kier alpha value is -2.58. The molecule has 0 fully saturated rings. The summed E-state index contributed by atoms with van der Waals surface area (Å²) in [4.78, 5) is 27.7. The first kappa shape index (κ1) is 29.6. The van der Waals surface area contributed by atoms with E-state index in [4.69, 9.17) is 11.6 Å². The molecule has 2 atom stereocenters. The summed E-state index contributed by atoms with van der Waals surface area (Å²) < 4.78 is 26.2. The van der Waals surface area contributed by atoms with Crippen molar-refractivity contribution in [3.63, 3.8) is 0 Å². The Bertz CT molecular complexity index is 1120. The lowest BCUT2D eigenvalue weighted by molar-refractivity contribution is -0.140. The average molecular weight is 536 g/mol. The normalized spacial score (nSPS) is 13.1. The van der Waals surface area contributed by atoms with Crippen molar-refractivity contribution < 1.29 is 18.0 Å². The molecule has 2 aromatic rings. The van der Waals surface area contributed by atoms with Gasteiger partial charge in [0.2, 0.25) is 21.8 Å². The van der Waals surface area contributed by atoms with Crippen LogP contribution >= 0.6 is 11.6 Å². The number of hydrogen-bond donors (Lipinski definition) is 1. The first-order valence-electron chi connectivity index (χ1n) is 12.4. The molecule has 0 heterocycles. The predicted octanol–water partition coefficient (Wildman–Crippen LogP) is 4.78. The fourth-order valence-electron chi connectivity index (χ4n) is 3.78.